The third-order valence-electron chi connectivity index (χ3n) is 5.77. The molecule has 1 atom stereocenters. The van der Waals surface area contributed by atoms with E-state index >= 15 is 0 Å². The Balaban J connectivity index is 1.70. The van der Waals surface area contributed by atoms with Gasteiger partial charge < -0.3 is 19.0 Å². The summed E-state index contributed by atoms with van der Waals surface area (Å²) in [5.41, 5.74) is 3.41. The van der Waals surface area contributed by atoms with Crippen LogP contribution in [-0.4, -0.2) is 35.4 Å². The molecule has 5 rings (SSSR count). The largest absolute Gasteiger partial charge is 0.467 e. The average Bonchev–Trinajstić information content (AvgIpc) is 3.23. The Bertz CT molecular complexity index is 1080. The Morgan fingerprint density at radius 3 is 2.96 bits per heavy atom. The van der Waals surface area contributed by atoms with Gasteiger partial charge in [-0.3, -0.25) is 4.79 Å². The van der Waals surface area contributed by atoms with Crippen molar-refractivity contribution in [2.24, 2.45) is 0 Å². The van der Waals surface area contributed by atoms with Gasteiger partial charge in [0.15, 0.2) is 0 Å². The Labute approximate surface area is 149 Å². The highest BCUT2D eigenvalue weighted by molar-refractivity contribution is 6.07. The fraction of sp³-hybridized carbons (Fsp3) is 0.300. The first-order chi connectivity index (χ1) is 12.5. The van der Waals surface area contributed by atoms with Crippen molar-refractivity contribution in [1.29, 1.82) is 0 Å². The summed E-state index contributed by atoms with van der Waals surface area (Å²) in [5, 5.41) is 1.20. The number of fused-ring (bicyclic) bond motifs is 6. The van der Waals surface area contributed by atoms with E-state index in [1.807, 2.05) is 17.0 Å². The Morgan fingerprint density at radius 1 is 1.35 bits per heavy atom. The van der Waals surface area contributed by atoms with Crippen LogP contribution in [0.25, 0.3) is 10.9 Å². The predicted molar refractivity (Wildman–Crippen MR) is 94.1 cm³/mol. The number of para-hydroxylation sites is 1. The Hall–Kier alpha value is -3.02. The van der Waals surface area contributed by atoms with Crippen LogP contribution < -0.4 is 0 Å². The number of nitrogens with one attached hydrogen (secondary N) is 1. The van der Waals surface area contributed by atoms with E-state index in [-0.39, 0.29) is 11.5 Å². The Morgan fingerprint density at radius 2 is 2.15 bits per heavy atom. The summed E-state index contributed by atoms with van der Waals surface area (Å²) >= 11 is 0. The number of rotatable bonds is 1. The number of nitrogens with zero attached hydrogens (tertiary/aromatic N) is 1. The summed E-state index contributed by atoms with van der Waals surface area (Å²) in [6.45, 7) is 2.66. The number of carbonyl (C=O) groups is 2. The van der Waals surface area contributed by atoms with Crippen molar-refractivity contribution < 1.29 is 18.7 Å². The molecule has 0 aliphatic carbocycles. The summed E-state index contributed by atoms with van der Waals surface area (Å²) in [6, 6.07) is 8.20. The summed E-state index contributed by atoms with van der Waals surface area (Å²) in [7, 11) is 1.30. The molecule has 2 aliphatic heterocycles. The number of ether oxygens (including phenoxy) is 1. The highest BCUT2D eigenvalue weighted by atomic mass is 16.5. The molecule has 1 aromatic carbocycles. The SMILES string of the molecule is COC(=O)c1coc2c1C(=O)N1CCc3c([nH]c4ccccc34)C1(C)C2. The average molecular weight is 350 g/mol. The lowest BCUT2D eigenvalue weighted by Crippen LogP contribution is -2.55. The van der Waals surface area contributed by atoms with E-state index in [9.17, 15) is 9.59 Å². The van der Waals surface area contributed by atoms with Gasteiger partial charge in [-0.1, -0.05) is 18.2 Å². The van der Waals surface area contributed by atoms with Gasteiger partial charge in [-0.15, -0.1) is 0 Å². The molecular formula is C20H18N2O4. The van der Waals surface area contributed by atoms with Gasteiger partial charge in [0.25, 0.3) is 5.91 Å². The van der Waals surface area contributed by atoms with Crippen molar-refractivity contribution in [2.75, 3.05) is 13.7 Å². The highest BCUT2D eigenvalue weighted by Crippen LogP contribution is 2.45. The lowest BCUT2D eigenvalue weighted by Gasteiger charge is -2.47. The first-order valence-electron chi connectivity index (χ1n) is 8.65. The number of carbonyl (C=O) groups excluding carboxylic acids is 2. The second-order valence-electron chi connectivity index (χ2n) is 7.12. The van der Waals surface area contributed by atoms with Crippen LogP contribution in [0.1, 0.15) is 44.7 Å². The van der Waals surface area contributed by atoms with Crippen LogP contribution in [0.4, 0.5) is 0 Å². The van der Waals surface area contributed by atoms with Crippen molar-refractivity contribution in [3.63, 3.8) is 0 Å². The first kappa shape index (κ1) is 15.3. The van der Waals surface area contributed by atoms with E-state index in [1.54, 1.807) is 0 Å². The molecule has 0 saturated carbocycles. The van der Waals surface area contributed by atoms with Gasteiger partial charge in [-0.05, 0) is 25.0 Å². The second kappa shape index (κ2) is 5.00. The van der Waals surface area contributed by atoms with Crippen molar-refractivity contribution in [2.45, 2.75) is 25.3 Å². The fourth-order valence-electron chi connectivity index (χ4n) is 4.50. The molecule has 6 nitrogen and oxygen atoms in total. The number of hydrogen-bond acceptors (Lipinski definition) is 4. The summed E-state index contributed by atoms with van der Waals surface area (Å²) in [4.78, 5) is 30.6. The quantitative estimate of drug-likeness (QED) is 0.685. The second-order valence-corrected chi connectivity index (χ2v) is 7.12. The van der Waals surface area contributed by atoms with E-state index in [1.165, 1.54) is 24.3 Å². The van der Waals surface area contributed by atoms with Gasteiger partial charge in [0.1, 0.15) is 17.6 Å². The molecule has 1 unspecified atom stereocenters. The monoisotopic (exact) mass is 350 g/mol. The van der Waals surface area contributed by atoms with Crippen LogP contribution in [0.5, 0.6) is 0 Å². The molecule has 26 heavy (non-hydrogen) atoms. The number of aromatic amines is 1. The summed E-state index contributed by atoms with van der Waals surface area (Å²) < 4.78 is 10.4. The lowest BCUT2D eigenvalue weighted by atomic mass is 9.79. The summed E-state index contributed by atoms with van der Waals surface area (Å²) in [6.07, 6.45) is 2.63. The number of furan rings is 1. The topological polar surface area (TPSA) is 75.5 Å². The van der Waals surface area contributed by atoms with Gasteiger partial charge in [0.2, 0.25) is 0 Å². The van der Waals surface area contributed by atoms with Crippen LogP contribution in [0.15, 0.2) is 34.9 Å². The maximum absolute atomic E-state index is 13.2. The van der Waals surface area contributed by atoms with Gasteiger partial charge in [-0.25, -0.2) is 4.79 Å². The third kappa shape index (κ3) is 1.76. The number of amides is 1. The van der Waals surface area contributed by atoms with E-state index in [0.29, 0.717) is 24.3 Å². The standard InChI is InChI=1S/C20H18N2O4/c1-20-9-15-16(13(10-26-15)19(24)25-2)18(23)22(20)8-7-12-11-5-3-4-6-14(11)21-17(12)20/h3-6,10,21H,7-9H2,1-2H3. The number of esters is 1. The summed E-state index contributed by atoms with van der Waals surface area (Å²) in [5.74, 6) is -0.178. The predicted octanol–water partition coefficient (Wildman–Crippen LogP) is 3.02. The minimum absolute atomic E-state index is 0.174. The molecule has 0 spiro atoms. The maximum atomic E-state index is 13.2. The van der Waals surface area contributed by atoms with Gasteiger partial charge in [0.05, 0.1) is 18.2 Å². The van der Waals surface area contributed by atoms with Crippen molar-refractivity contribution in [3.05, 3.63) is 58.7 Å². The molecule has 2 aliphatic rings. The zero-order chi connectivity index (χ0) is 18.1. The fourth-order valence-corrected chi connectivity index (χ4v) is 4.50. The minimum atomic E-state index is -0.546. The normalized spacial score (nSPS) is 21.3. The molecule has 2 aromatic heterocycles. The van der Waals surface area contributed by atoms with E-state index < -0.39 is 11.5 Å². The molecule has 0 saturated heterocycles. The van der Waals surface area contributed by atoms with Gasteiger partial charge >= 0.3 is 5.97 Å². The van der Waals surface area contributed by atoms with Crippen LogP contribution in [0.2, 0.25) is 0 Å². The third-order valence-corrected chi connectivity index (χ3v) is 5.77. The molecule has 6 heteroatoms. The molecule has 4 heterocycles. The minimum Gasteiger partial charge on any atom is -0.467 e. The molecule has 0 fully saturated rings. The lowest BCUT2D eigenvalue weighted by molar-refractivity contribution is 0.0379. The first-order valence-corrected chi connectivity index (χ1v) is 8.65. The number of benzene rings is 1. The van der Waals surface area contributed by atoms with E-state index in [2.05, 4.69) is 24.0 Å². The van der Waals surface area contributed by atoms with Crippen LogP contribution in [0.3, 0.4) is 0 Å². The molecular weight excluding hydrogens is 332 g/mol. The number of H-pyrrole nitrogens is 1. The smallest absolute Gasteiger partial charge is 0.341 e. The number of methoxy groups -OCH3 is 1. The highest BCUT2D eigenvalue weighted by Gasteiger charge is 2.50. The zero-order valence-electron chi connectivity index (χ0n) is 14.6. The molecule has 3 aromatic rings. The molecule has 0 bridgehead atoms. The van der Waals surface area contributed by atoms with Crippen molar-refractivity contribution in [3.8, 4) is 0 Å². The van der Waals surface area contributed by atoms with Crippen molar-refractivity contribution in [1.82, 2.24) is 9.88 Å². The molecule has 1 amide bonds. The van der Waals surface area contributed by atoms with Crippen LogP contribution in [0, 0.1) is 0 Å². The number of aromatic nitrogens is 1. The van der Waals surface area contributed by atoms with E-state index in [4.69, 9.17) is 9.15 Å². The molecule has 132 valence electrons. The van der Waals surface area contributed by atoms with Gasteiger partial charge in [0, 0.05) is 29.6 Å². The van der Waals surface area contributed by atoms with Crippen LogP contribution in [-0.2, 0) is 23.1 Å². The molecule has 0 radical (unpaired) electrons. The van der Waals surface area contributed by atoms with Gasteiger partial charge in [-0.2, -0.15) is 0 Å². The van der Waals surface area contributed by atoms with Crippen molar-refractivity contribution >= 4 is 22.8 Å². The number of hydrogen-bond donors (Lipinski definition) is 1. The van der Waals surface area contributed by atoms with E-state index in [0.717, 1.165) is 17.6 Å². The van der Waals surface area contributed by atoms with Crippen LogP contribution >= 0.6 is 0 Å². The molecule has 1 N–H and O–H groups in total. The maximum Gasteiger partial charge on any atom is 0.341 e. The Kier molecular flexibility index (Phi) is 2.93. The zero-order valence-corrected chi connectivity index (χ0v) is 14.6.